The molecule has 2 aliphatic rings. The fourth-order valence-corrected chi connectivity index (χ4v) is 4.96. The van der Waals surface area contributed by atoms with Crippen LogP contribution in [0.3, 0.4) is 0 Å². The first-order valence-electron chi connectivity index (χ1n) is 11.2. The Kier molecular flexibility index (Phi) is 8.67. The van der Waals surface area contributed by atoms with E-state index in [1.807, 2.05) is 20.8 Å². The summed E-state index contributed by atoms with van der Waals surface area (Å²) in [5, 5.41) is 24.7. The van der Waals surface area contributed by atoms with Crippen LogP contribution >= 0.6 is 0 Å². The van der Waals surface area contributed by atoms with Crippen LogP contribution < -0.4 is 10.6 Å². The molecule has 0 bridgehead atoms. The highest BCUT2D eigenvalue weighted by atomic mass is 16.4. The number of rotatable bonds is 8. The van der Waals surface area contributed by atoms with Gasteiger partial charge in [-0.15, -0.1) is 0 Å². The lowest BCUT2D eigenvalue weighted by atomic mass is 9.74. The molecule has 6 unspecified atom stereocenters. The number of carboxylic acids is 2. The maximum atomic E-state index is 12.9. The SMILES string of the molecule is CCCC(NC(=O)C1CCC(C)CC1C(=O)O)NC(=O)C1CCC(C)CC1C(=O)O. The number of amides is 2. The summed E-state index contributed by atoms with van der Waals surface area (Å²) in [6, 6.07) is 0. The summed E-state index contributed by atoms with van der Waals surface area (Å²) < 4.78 is 0. The van der Waals surface area contributed by atoms with Crippen LogP contribution in [0.2, 0.25) is 0 Å². The van der Waals surface area contributed by atoms with Crippen LogP contribution in [0.1, 0.15) is 72.1 Å². The summed E-state index contributed by atoms with van der Waals surface area (Å²) in [5.74, 6) is -4.75. The maximum Gasteiger partial charge on any atom is 0.307 e. The maximum absolute atomic E-state index is 12.9. The Labute approximate surface area is 178 Å². The lowest BCUT2D eigenvalue weighted by Gasteiger charge is -2.34. The minimum Gasteiger partial charge on any atom is -0.481 e. The molecule has 8 nitrogen and oxygen atoms in total. The van der Waals surface area contributed by atoms with Gasteiger partial charge in [0.25, 0.3) is 0 Å². The number of carbonyl (C=O) groups excluding carboxylic acids is 2. The second-order valence-corrected chi connectivity index (χ2v) is 9.30. The van der Waals surface area contributed by atoms with Gasteiger partial charge in [0.15, 0.2) is 0 Å². The summed E-state index contributed by atoms with van der Waals surface area (Å²) in [4.78, 5) is 49.0. The lowest BCUT2D eigenvalue weighted by molar-refractivity contribution is -0.150. The van der Waals surface area contributed by atoms with E-state index in [-0.39, 0.29) is 23.7 Å². The van der Waals surface area contributed by atoms with Crippen molar-refractivity contribution in [2.24, 2.45) is 35.5 Å². The zero-order chi connectivity index (χ0) is 22.4. The fourth-order valence-electron chi connectivity index (χ4n) is 4.96. The van der Waals surface area contributed by atoms with Crippen LogP contribution in [-0.4, -0.2) is 40.1 Å². The highest BCUT2D eigenvalue weighted by molar-refractivity contribution is 5.87. The van der Waals surface area contributed by atoms with E-state index in [1.54, 1.807) is 0 Å². The molecule has 0 aromatic carbocycles. The third-order valence-electron chi connectivity index (χ3n) is 6.74. The third-order valence-corrected chi connectivity index (χ3v) is 6.74. The summed E-state index contributed by atoms with van der Waals surface area (Å²) in [7, 11) is 0. The van der Waals surface area contributed by atoms with Crippen molar-refractivity contribution in [3.63, 3.8) is 0 Å². The normalized spacial score (nSPS) is 32.6. The summed E-state index contributed by atoms with van der Waals surface area (Å²) in [5.41, 5.74) is 0. The predicted molar refractivity (Wildman–Crippen MR) is 110 cm³/mol. The van der Waals surface area contributed by atoms with E-state index < -0.39 is 41.8 Å². The van der Waals surface area contributed by atoms with Crippen LogP contribution in [0.5, 0.6) is 0 Å². The Balaban J connectivity index is 2.04. The second-order valence-electron chi connectivity index (χ2n) is 9.30. The van der Waals surface area contributed by atoms with E-state index in [9.17, 15) is 29.4 Å². The minimum absolute atomic E-state index is 0.267. The van der Waals surface area contributed by atoms with E-state index in [0.29, 0.717) is 38.5 Å². The molecular weight excluding hydrogens is 388 g/mol. The fraction of sp³-hybridized carbons (Fsp3) is 0.818. The molecule has 170 valence electrons. The van der Waals surface area contributed by atoms with E-state index >= 15 is 0 Å². The Morgan fingerprint density at radius 3 is 1.50 bits per heavy atom. The van der Waals surface area contributed by atoms with Gasteiger partial charge in [-0.1, -0.05) is 27.2 Å². The van der Waals surface area contributed by atoms with Crippen LogP contribution in [0.15, 0.2) is 0 Å². The van der Waals surface area contributed by atoms with Crippen molar-refractivity contribution >= 4 is 23.8 Å². The van der Waals surface area contributed by atoms with Crippen molar-refractivity contribution in [2.75, 3.05) is 0 Å². The average molecular weight is 425 g/mol. The Hall–Kier alpha value is -2.12. The van der Waals surface area contributed by atoms with Gasteiger partial charge in [-0.2, -0.15) is 0 Å². The van der Waals surface area contributed by atoms with Crippen molar-refractivity contribution in [2.45, 2.75) is 78.3 Å². The van der Waals surface area contributed by atoms with Gasteiger partial charge in [0.2, 0.25) is 11.8 Å². The number of hydrogen-bond acceptors (Lipinski definition) is 4. The van der Waals surface area contributed by atoms with E-state index in [4.69, 9.17) is 0 Å². The van der Waals surface area contributed by atoms with Gasteiger partial charge in [-0.25, -0.2) is 0 Å². The molecule has 2 rings (SSSR count). The standard InChI is InChI=1S/C22H36N2O6/c1-4-5-18(23-19(25)14-8-6-12(2)10-16(14)21(27)28)24-20(26)15-9-7-13(3)11-17(15)22(29)30/h12-18H,4-11H2,1-3H3,(H,23,25)(H,24,26)(H,27,28)(H,29,30). The Morgan fingerprint density at radius 2 is 1.17 bits per heavy atom. The molecule has 0 aliphatic heterocycles. The number of carboxylic acid groups (broad SMARTS) is 2. The van der Waals surface area contributed by atoms with Gasteiger partial charge in [-0.3, -0.25) is 19.2 Å². The predicted octanol–water partition coefficient (Wildman–Crippen LogP) is 2.62. The first kappa shape index (κ1) is 24.2. The first-order valence-corrected chi connectivity index (χ1v) is 11.2. The van der Waals surface area contributed by atoms with E-state index in [2.05, 4.69) is 10.6 Å². The quantitative estimate of drug-likeness (QED) is 0.443. The van der Waals surface area contributed by atoms with E-state index in [1.165, 1.54) is 0 Å². The monoisotopic (exact) mass is 424 g/mol. The topological polar surface area (TPSA) is 133 Å². The molecule has 0 aromatic rings. The second kappa shape index (κ2) is 10.8. The number of nitrogens with one attached hydrogen (secondary N) is 2. The molecule has 8 heteroatoms. The molecular formula is C22H36N2O6. The smallest absolute Gasteiger partial charge is 0.307 e. The zero-order valence-corrected chi connectivity index (χ0v) is 18.2. The Bertz CT molecular complexity index is 600. The molecule has 2 fully saturated rings. The molecule has 2 saturated carbocycles. The van der Waals surface area contributed by atoms with Gasteiger partial charge >= 0.3 is 11.9 Å². The molecule has 0 spiro atoms. The molecule has 0 heterocycles. The van der Waals surface area contributed by atoms with Crippen molar-refractivity contribution in [3.05, 3.63) is 0 Å². The van der Waals surface area contributed by atoms with Crippen molar-refractivity contribution in [1.29, 1.82) is 0 Å². The molecule has 6 atom stereocenters. The largest absolute Gasteiger partial charge is 0.481 e. The number of hydrogen-bond donors (Lipinski definition) is 4. The van der Waals surface area contributed by atoms with Gasteiger partial charge in [0, 0.05) is 0 Å². The molecule has 4 N–H and O–H groups in total. The van der Waals surface area contributed by atoms with Crippen LogP contribution in [0.25, 0.3) is 0 Å². The third kappa shape index (κ3) is 6.19. The average Bonchev–Trinajstić information content (AvgIpc) is 2.67. The number of aliphatic carboxylic acids is 2. The van der Waals surface area contributed by atoms with Gasteiger partial charge in [-0.05, 0) is 56.8 Å². The lowest BCUT2D eigenvalue weighted by Crippen LogP contribution is -2.54. The van der Waals surface area contributed by atoms with Crippen molar-refractivity contribution in [3.8, 4) is 0 Å². The van der Waals surface area contributed by atoms with Crippen LogP contribution in [0, 0.1) is 35.5 Å². The summed E-state index contributed by atoms with van der Waals surface area (Å²) in [6.07, 6.45) is 4.14. The molecule has 0 aromatic heterocycles. The van der Waals surface area contributed by atoms with Crippen molar-refractivity contribution in [1.82, 2.24) is 10.6 Å². The summed E-state index contributed by atoms with van der Waals surface area (Å²) in [6.45, 7) is 5.91. The molecule has 30 heavy (non-hydrogen) atoms. The van der Waals surface area contributed by atoms with Crippen LogP contribution in [-0.2, 0) is 19.2 Å². The van der Waals surface area contributed by atoms with Gasteiger partial charge in [0.05, 0.1) is 23.7 Å². The van der Waals surface area contributed by atoms with Crippen LogP contribution in [0.4, 0.5) is 0 Å². The Morgan fingerprint density at radius 1 is 0.767 bits per heavy atom. The molecule has 0 saturated heterocycles. The number of carbonyl (C=O) groups is 4. The highest BCUT2D eigenvalue weighted by Gasteiger charge is 2.40. The van der Waals surface area contributed by atoms with Crippen molar-refractivity contribution < 1.29 is 29.4 Å². The molecule has 0 radical (unpaired) electrons. The van der Waals surface area contributed by atoms with Gasteiger partial charge in [0.1, 0.15) is 6.17 Å². The highest BCUT2D eigenvalue weighted by Crippen LogP contribution is 2.35. The summed E-state index contributed by atoms with van der Waals surface area (Å²) >= 11 is 0. The molecule has 2 amide bonds. The van der Waals surface area contributed by atoms with Gasteiger partial charge < -0.3 is 20.8 Å². The zero-order valence-electron chi connectivity index (χ0n) is 18.2. The minimum atomic E-state index is -0.960. The molecule has 2 aliphatic carbocycles. The van der Waals surface area contributed by atoms with E-state index in [0.717, 1.165) is 12.8 Å². The first-order chi connectivity index (χ1) is 14.1.